The standard InChI is InChI=1S/C21H20O7/c22-10-14-17(24)18(25)19(26)21(28-14)15-16(23)12-8-4-5-9-13(12)27-20(15)11-6-2-1-3-7-11/h1-9,14,17-19,21-22,24-26H,10H2/t14-,17-,18+,19-,21+/m1/s1. The first-order valence-corrected chi connectivity index (χ1v) is 8.94. The lowest BCUT2D eigenvalue weighted by Gasteiger charge is -2.40. The molecule has 7 heteroatoms. The lowest BCUT2D eigenvalue weighted by Crippen LogP contribution is -2.55. The van der Waals surface area contributed by atoms with Gasteiger partial charge in [0.25, 0.3) is 0 Å². The topological polar surface area (TPSA) is 120 Å². The van der Waals surface area contributed by atoms with Crippen LogP contribution in [-0.4, -0.2) is 51.4 Å². The molecule has 7 nitrogen and oxygen atoms in total. The van der Waals surface area contributed by atoms with Crippen LogP contribution in [0.3, 0.4) is 0 Å². The number of rotatable bonds is 3. The third-order valence-corrected chi connectivity index (χ3v) is 5.05. The van der Waals surface area contributed by atoms with E-state index in [0.717, 1.165) is 0 Å². The molecular weight excluding hydrogens is 364 g/mol. The Morgan fingerprint density at radius 3 is 2.25 bits per heavy atom. The van der Waals surface area contributed by atoms with E-state index in [1.807, 2.05) is 6.07 Å². The minimum Gasteiger partial charge on any atom is -0.455 e. The third-order valence-electron chi connectivity index (χ3n) is 5.05. The summed E-state index contributed by atoms with van der Waals surface area (Å²) in [6, 6.07) is 15.6. The average molecular weight is 384 g/mol. The van der Waals surface area contributed by atoms with Gasteiger partial charge in [0, 0.05) is 5.56 Å². The molecule has 0 spiro atoms. The Balaban J connectivity index is 1.97. The van der Waals surface area contributed by atoms with Crippen LogP contribution >= 0.6 is 0 Å². The number of aliphatic hydroxyl groups is 4. The van der Waals surface area contributed by atoms with Gasteiger partial charge in [-0.15, -0.1) is 0 Å². The molecule has 2 heterocycles. The maximum Gasteiger partial charge on any atom is 0.199 e. The van der Waals surface area contributed by atoms with E-state index in [1.165, 1.54) is 0 Å². The molecule has 0 saturated carbocycles. The van der Waals surface area contributed by atoms with Crippen molar-refractivity contribution in [2.75, 3.05) is 6.61 Å². The van der Waals surface area contributed by atoms with Crippen LogP contribution in [0.2, 0.25) is 0 Å². The number of aliphatic hydroxyl groups excluding tert-OH is 4. The molecule has 5 atom stereocenters. The number of benzene rings is 2. The van der Waals surface area contributed by atoms with Crippen molar-refractivity contribution in [2.24, 2.45) is 0 Å². The largest absolute Gasteiger partial charge is 0.455 e. The first kappa shape index (κ1) is 18.8. The van der Waals surface area contributed by atoms with E-state index in [4.69, 9.17) is 9.15 Å². The molecule has 1 aromatic heterocycles. The van der Waals surface area contributed by atoms with Crippen LogP contribution in [0, 0.1) is 0 Å². The molecule has 146 valence electrons. The third kappa shape index (κ3) is 3.03. The molecule has 4 rings (SSSR count). The zero-order valence-electron chi connectivity index (χ0n) is 14.8. The van der Waals surface area contributed by atoms with Crippen LogP contribution in [0.4, 0.5) is 0 Å². The predicted molar refractivity (Wildman–Crippen MR) is 101 cm³/mol. The molecule has 0 amide bonds. The van der Waals surface area contributed by atoms with Crippen LogP contribution in [0.15, 0.2) is 63.8 Å². The zero-order valence-corrected chi connectivity index (χ0v) is 14.8. The Bertz CT molecular complexity index is 1030. The lowest BCUT2D eigenvalue weighted by atomic mass is 9.89. The Labute approximate surface area is 160 Å². The van der Waals surface area contributed by atoms with Crippen LogP contribution in [0.5, 0.6) is 0 Å². The van der Waals surface area contributed by atoms with E-state index in [0.29, 0.717) is 16.5 Å². The van der Waals surface area contributed by atoms with Crippen molar-refractivity contribution in [1.82, 2.24) is 0 Å². The molecule has 0 radical (unpaired) electrons. The first-order chi connectivity index (χ1) is 13.5. The van der Waals surface area contributed by atoms with Crippen molar-refractivity contribution in [1.29, 1.82) is 0 Å². The van der Waals surface area contributed by atoms with Crippen molar-refractivity contribution >= 4 is 11.0 Å². The van der Waals surface area contributed by atoms with Gasteiger partial charge in [-0.3, -0.25) is 4.79 Å². The van der Waals surface area contributed by atoms with Crippen molar-refractivity contribution in [2.45, 2.75) is 30.5 Å². The van der Waals surface area contributed by atoms with Gasteiger partial charge in [0.2, 0.25) is 0 Å². The summed E-state index contributed by atoms with van der Waals surface area (Å²) in [6.07, 6.45) is -7.09. The Morgan fingerprint density at radius 1 is 0.857 bits per heavy atom. The first-order valence-electron chi connectivity index (χ1n) is 8.94. The van der Waals surface area contributed by atoms with Gasteiger partial charge in [-0.05, 0) is 12.1 Å². The van der Waals surface area contributed by atoms with E-state index >= 15 is 0 Å². The highest BCUT2D eigenvalue weighted by Crippen LogP contribution is 2.37. The summed E-state index contributed by atoms with van der Waals surface area (Å²) in [6.45, 7) is -0.582. The van der Waals surface area contributed by atoms with Crippen LogP contribution < -0.4 is 5.43 Å². The predicted octanol–water partition coefficient (Wildman–Crippen LogP) is 0.975. The second-order valence-electron chi connectivity index (χ2n) is 6.79. The number of hydrogen-bond donors (Lipinski definition) is 4. The van der Waals surface area contributed by atoms with Crippen molar-refractivity contribution in [3.63, 3.8) is 0 Å². The smallest absolute Gasteiger partial charge is 0.199 e. The molecule has 2 aromatic carbocycles. The molecule has 1 fully saturated rings. The molecule has 1 saturated heterocycles. The summed E-state index contributed by atoms with van der Waals surface area (Å²) in [5, 5.41) is 40.5. The number of ether oxygens (including phenoxy) is 1. The van der Waals surface area contributed by atoms with Crippen LogP contribution in [0.25, 0.3) is 22.3 Å². The second-order valence-corrected chi connectivity index (χ2v) is 6.79. The van der Waals surface area contributed by atoms with Gasteiger partial charge < -0.3 is 29.6 Å². The summed E-state index contributed by atoms with van der Waals surface area (Å²) in [5.74, 6) is 0.202. The molecule has 0 bridgehead atoms. The SMILES string of the molecule is O=c1c([C@@H]2O[C@H](CO)[C@@H](O)[C@H](O)[C@H]2O)c(-c2ccccc2)oc2ccccc12. The van der Waals surface area contributed by atoms with E-state index in [-0.39, 0.29) is 11.3 Å². The molecular formula is C21H20O7. The summed E-state index contributed by atoms with van der Waals surface area (Å²) in [5.41, 5.74) is 0.587. The van der Waals surface area contributed by atoms with Crippen LogP contribution in [0.1, 0.15) is 11.7 Å². The fourth-order valence-electron chi connectivity index (χ4n) is 3.56. The second kappa shape index (κ2) is 7.46. The van der Waals surface area contributed by atoms with Crippen molar-refractivity contribution in [3.8, 4) is 11.3 Å². The average Bonchev–Trinajstić information content (AvgIpc) is 2.73. The normalized spacial score (nSPS) is 27.8. The number of fused-ring (bicyclic) bond motifs is 1. The van der Waals surface area contributed by atoms with Crippen molar-refractivity contribution in [3.05, 3.63) is 70.4 Å². The monoisotopic (exact) mass is 384 g/mol. The fraction of sp³-hybridized carbons (Fsp3) is 0.286. The van der Waals surface area contributed by atoms with Gasteiger partial charge in [0.15, 0.2) is 5.43 Å². The van der Waals surface area contributed by atoms with E-state index < -0.39 is 42.6 Å². The Hall–Kier alpha value is -2.55. The van der Waals surface area contributed by atoms with Gasteiger partial charge in [-0.25, -0.2) is 0 Å². The summed E-state index contributed by atoms with van der Waals surface area (Å²) in [7, 11) is 0. The van der Waals surface area contributed by atoms with Gasteiger partial charge in [-0.2, -0.15) is 0 Å². The van der Waals surface area contributed by atoms with Gasteiger partial charge in [-0.1, -0.05) is 42.5 Å². The molecule has 3 aromatic rings. The van der Waals surface area contributed by atoms with E-state index in [1.54, 1.807) is 48.5 Å². The summed E-state index contributed by atoms with van der Waals surface area (Å²) >= 11 is 0. The molecule has 0 unspecified atom stereocenters. The maximum absolute atomic E-state index is 13.3. The molecule has 1 aliphatic rings. The summed E-state index contributed by atoms with van der Waals surface area (Å²) < 4.78 is 11.6. The minimum atomic E-state index is -1.59. The Kier molecular flexibility index (Phi) is 5.01. The molecule has 28 heavy (non-hydrogen) atoms. The Morgan fingerprint density at radius 2 is 1.54 bits per heavy atom. The van der Waals surface area contributed by atoms with Gasteiger partial charge >= 0.3 is 0 Å². The minimum absolute atomic E-state index is 0.0294. The zero-order chi connectivity index (χ0) is 19.8. The lowest BCUT2D eigenvalue weighted by molar-refractivity contribution is -0.232. The highest BCUT2D eigenvalue weighted by molar-refractivity contribution is 5.80. The quantitative estimate of drug-likeness (QED) is 0.531. The maximum atomic E-state index is 13.3. The van der Waals surface area contributed by atoms with Gasteiger partial charge in [0.05, 0.1) is 17.6 Å². The molecule has 1 aliphatic heterocycles. The summed E-state index contributed by atoms with van der Waals surface area (Å²) in [4.78, 5) is 13.3. The molecule has 4 N–H and O–H groups in total. The van der Waals surface area contributed by atoms with E-state index in [2.05, 4.69) is 0 Å². The highest BCUT2D eigenvalue weighted by atomic mass is 16.5. The number of para-hydroxylation sites is 1. The fourth-order valence-corrected chi connectivity index (χ4v) is 3.56. The van der Waals surface area contributed by atoms with Crippen molar-refractivity contribution < 1.29 is 29.6 Å². The van der Waals surface area contributed by atoms with Crippen LogP contribution in [-0.2, 0) is 4.74 Å². The van der Waals surface area contributed by atoms with Gasteiger partial charge in [0.1, 0.15) is 41.9 Å². The molecule has 0 aliphatic carbocycles. The highest BCUT2D eigenvalue weighted by Gasteiger charge is 2.46. The number of hydrogen-bond acceptors (Lipinski definition) is 7. The van der Waals surface area contributed by atoms with E-state index in [9.17, 15) is 25.2 Å².